The van der Waals surface area contributed by atoms with Gasteiger partial charge in [-0.25, -0.2) is 4.79 Å². The highest BCUT2D eigenvalue weighted by atomic mass is 16.5. The monoisotopic (exact) mass is 369 g/mol. The number of amides is 2. The van der Waals surface area contributed by atoms with Crippen LogP contribution in [0.25, 0.3) is 10.4 Å². The molecule has 0 spiro atoms. The third-order valence-electron chi connectivity index (χ3n) is 5.68. The molecule has 27 heavy (non-hydrogen) atoms. The summed E-state index contributed by atoms with van der Waals surface area (Å²) < 4.78 is 5.45. The Morgan fingerprint density at radius 2 is 1.81 bits per heavy atom. The van der Waals surface area contributed by atoms with E-state index in [1.165, 1.54) is 9.80 Å². The van der Waals surface area contributed by atoms with E-state index in [2.05, 4.69) is 10.0 Å². The summed E-state index contributed by atoms with van der Waals surface area (Å²) in [6.07, 6.45) is 1.54. The summed E-state index contributed by atoms with van der Waals surface area (Å²) in [7, 11) is 0. The third-order valence-corrected chi connectivity index (χ3v) is 5.68. The molecule has 3 saturated heterocycles. The minimum Gasteiger partial charge on any atom is -0.459 e. The van der Waals surface area contributed by atoms with E-state index < -0.39 is 29.0 Å². The lowest BCUT2D eigenvalue weighted by atomic mass is 9.88. The average molecular weight is 369 g/mol. The Hall–Kier alpha value is -3.06. The Labute approximate surface area is 155 Å². The van der Waals surface area contributed by atoms with Crippen LogP contribution in [-0.2, 0) is 25.7 Å². The highest BCUT2D eigenvalue weighted by Crippen LogP contribution is 2.46. The van der Waals surface area contributed by atoms with Gasteiger partial charge in [-0.3, -0.25) is 9.59 Å². The fourth-order valence-corrected chi connectivity index (χ4v) is 4.41. The maximum Gasteiger partial charge on any atom is 0.342 e. The number of carbonyl (C=O) groups is 3. The Balaban J connectivity index is 1.67. The van der Waals surface area contributed by atoms with Crippen LogP contribution in [0.2, 0.25) is 0 Å². The maximum absolute atomic E-state index is 13.3. The predicted molar refractivity (Wildman–Crippen MR) is 92.7 cm³/mol. The van der Waals surface area contributed by atoms with E-state index in [1.54, 1.807) is 0 Å². The van der Waals surface area contributed by atoms with Crippen LogP contribution in [0.15, 0.2) is 35.4 Å². The van der Waals surface area contributed by atoms with Gasteiger partial charge in [0.05, 0.1) is 0 Å². The van der Waals surface area contributed by atoms with Gasteiger partial charge in [0.25, 0.3) is 11.8 Å². The Morgan fingerprint density at radius 1 is 1.11 bits per heavy atom. The number of azide groups is 1. The highest BCUT2D eigenvalue weighted by Gasteiger charge is 2.69. The molecule has 0 bridgehead atoms. The van der Waals surface area contributed by atoms with E-state index in [4.69, 9.17) is 10.3 Å². The van der Waals surface area contributed by atoms with Crippen molar-refractivity contribution in [3.8, 4) is 0 Å². The zero-order valence-electron chi connectivity index (χ0n) is 14.7. The number of ether oxygens (including phenoxy) is 1. The van der Waals surface area contributed by atoms with E-state index in [0.29, 0.717) is 12.8 Å². The zero-order chi connectivity index (χ0) is 19.1. The van der Waals surface area contributed by atoms with Crippen molar-refractivity contribution in [3.63, 3.8) is 0 Å². The first-order valence-electron chi connectivity index (χ1n) is 8.98. The molecular weight excluding hydrogens is 350 g/mol. The summed E-state index contributed by atoms with van der Waals surface area (Å²) in [6.45, 7) is 0.574. The number of carbonyl (C=O) groups excluding carboxylic acids is 3. The van der Waals surface area contributed by atoms with Gasteiger partial charge in [-0.05, 0) is 36.8 Å². The van der Waals surface area contributed by atoms with Crippen LogP contribution in [-0.4, -0.2) is 51.9 Å². The van der Waals surface area contributed by atoms with Gasteiger partial charge in [0, 0.05) is 18.0 Å². The molecular formula is C18H19N5O4. The van der Waals surface area contributed by atoms with Crippen molar-refractivity contribution < 1.29 is 19.1 Å². The van der Waals surface area contributed by atoms with Gasteiger partial charge < -0.3 is 14.5 Å². The number of rotatable bonds is 4. The molecule has 4 rings (SSSR count). The summed E-state index contributed by atoms with van der Waals surface area (Å²) in [5.41, 5.74) is 6.55. The molecule has 0 saturated carbocycles. The van der Waals surface area contributed by atoms with Gasteiger partial charge in [-0.15, -0.1) is 0 Å². The second-order valence-corrected chi connectivity index (χ2v) is 7.05. The van der Waals surface area contributed by atoms with Crippen LogP contribution in [0.4, 0.5) is 0 Å². The molecule has 3 heterocycles. The number of fused-ring (bicyclic) bond motifs is 2. The molecule has 0 radical (unpaired) electrons. The Morgan fingerprint density at radius 3 is 2.56 bits per heavy atom. The molecule has 3 aliphatic heterocycles. The molecule has 3 fully saturated rings. The standard InChI is InChI=1S/C18H19N5O4/c19-21-20-18-9-5-11-23(18)14(24)17(8-4-10-22(17)15(18)25)16(26)27-12-13-6-2-1-3-7-13/h1-3,6-7H,4-5,8-12H2/t17-,18-/m0/s1. The Kier molecular flexibility index (Phi) is 4.04. The normalized spacial score (nSPS) is 29.2. The van der Waals surface area contributed by atoms with Gasteiger partial charge in [0.1, 0.15) is 6.61 Å². The fraction of sp³-hybridized carbons (Fsp3) is 0.500. The number of nitrogens with zero attached hydrogens (tertiary/aromatic N) is 5. The van der Waals surface area contributed by atoms with Crippen molar-refractivity contribution >= 4 is 17.8 Å². The minimum absolute atomic E-state index is 0.0260. The summed E-state index contributed by atoms with van der Waals surface area (Å²) in [5, 5.41) is 3.70. The lowest BCUT2D eigenvalue weighted by Crippen LogP contribution is -2.75. The molecule has 140 valence electrons. The van der Waals surface area contributed by atoms with E-state index >= 15 is 0 Å². The summed E-state index contributed by atoms with van der Waals surface area (Å²) >= 11 is 0. The van der Waals surface area contributed by atoms with Gasteiger partial charge >= 0.3 is 5.97 Å². The summed E-state index contributed by atoms with van der Waals surface area (Å²) in [5.74, 6) is -1.70. The van der Waals surface area contributed by atoms with Crippen molar-refractivity contribution in [2.45, 2.75) is 43.5 Å². The zero-order valence-corrected chi connectivity index (χ0v) is 14.7. The lowest BCUT2D eigenvalue weighted by Gasteiger charge is -2.49. The molecule has 9 heteroatoms. The van der Waals surface area contributed by atoms with E-state index in [9.17, 15) is 14.4 Å². The maximum atomic E-state index is 13.3. The van der Waals surface area contributed by atoms with Crippen LogP contribution in [0.3, 0.4) is 0 Å². The molecule has 1 aromatic rings. The van der Waals surface area contributed by atoms with Crippen LogP contribution < -0.4 is 0 Å². The quantitative estimate of drug-likeness (QED) is 0.264. The third kappa shape index (κ3) is 2.31. The molecule has 0 N–H and O–H groups in total. The first-order chi connectivity index (χ1) is 13.1. The predicted octanol–water partition coefficient (Wildman–Crippen LogP) is 1.73. The molecule has 2 amide bonds. The largest absolute Gasteiger partial charge is 0.459 e. The summed E-state index contributed by atoms with van der Waals surface area (Å²) in [4.78, 5) is 44.9. The molecule has 9 nitrogen and oxygen atoms in total. The van der Waals surface area contributed by atoms with Crippen molar-refractivity contribution in [2.24, 2.45) is 5.11 Å². The van der Waals surface area contributed by atoms with Crippen LogP contribution in [0, 0.1) is 0 Å². The topological polar surface area (TPSA) is 116 Å². The average Bonchev–Trinajstić information content (AvgIpc) is 3.32. The molecule has 0 aromatic heterocycles. The van der Waals surface area contributed by atoms with Gasteiger partial charge in [0.2, 0.25) is 11.2 Å². The van der Waals surface area contributed by atoms with Crippen molar-refractivity contribution in [2.75, 3.05) is 13.1 Å². The number of hydrogen-bond acceptors (Lipinski definition) is 5. The van der Waals surface area contributed by atoms with Crippen LogP contribution >= 0.6 is 0 Å². The van der Waals surface area contributed by atoms with Crippen LogP contribution in [0.5, 0.6) is 0 Å². The minimum atomic E-state index is -1.65. The van der Waals surface area contributed by atoms with Crippen molar-refractivity contribution in [3.05, 3.63) is 46.3 Å². The number of esters is 1. The second-order valence-electron chi connectivity index (χ2n) is 7.05. The SMILES string of the molecule is [N-]=[N+]=N[C@@]12CCCN1C(=O)[C@]1(C(=O)OCc3ccccc3)CCCN1C2=O. The molecule has 0 unspecified atom stereocenters. The highest BCUT2D eigenvalue weighted by molar-refractivity contribution is 6.15. The first-order valence-corrected chi connectivity index (χ1v) is 8.98. The second kappa shape index (κ2) is 6.28. The summed E-state index contributed by atoms with van der Waals surface area (Å²) in [6, 6.07) is 9.15. The van der Waals surface area contributed by atoms with Gasteiger partial charge in [-0.1, -0.05) is 35.4 Å². The number of hydrogen-bond donors (Lipinski definition) is 0. The number of benzene rings is 1. The smallest absolute Gasteiger partial charge is 0.342 e. The molecule has 2 atom stereocenters. The molecule has 3 aliphatic rings. The van der Waals surface area contributed by atoms with Crippen molar-refractivity contribution in [1.82, 2.24) is 9.80 Å². The molecule has 1 aromatic carbocycles. The van der Waals surface area contributed by atoms with Crippen molar-refractivity contribution in [1.29, 1.82) is 0 Å². The van der Waals surface area contributed by atoms with Gasteiger partial charge in [0.15, 0.2) is 0 Å². The van der Waals surface area contributed by atoms with Gasteiger partial charge in [-0.2, -0.15) is 0 Å². The van der Waals surface area contributed by atoms with E-state index in [1.807, 2.05) is 30.3 Å². The first kappa shape index (κ1) is 17.4. The lowest BCUT2D eigenvalue weighted by molar-refractivity contribution is -0.185. The molecule has 0 aliphatic carbocycles. The van der Waals surface area contributed by atoms with E-state index in [-0.39, 0.29) is 32.5 Å². The van der Waals surface area contributed by atoms with E-state index in [0.717, 1.165) is 5.56 Å². The number of piperazine rings is 1. The fourth-order valence-electron chi connectivity index (χ4n) is 4.41. The van der Waals surface area contributed by atoms with Crippen LogP contribution in [0.1, 0.15) is 31.2 Å². The Bertz CT molecular complexity index is 853.